The van der Waals surface area contributed by atoms with E-state index in [4.69, 9.17) is 11.6 Å². The number of carbonyl (C=O) groups is 1. The number of hydrogen-bond donors (Lipinski definition) is 0. The second-order valence-electron chi connectivity index (χ2n) is 9.11. The largest absolute Gasteiger partial charge is 0.338 e. The third-order valence-corrected chi connectivity index (χ3v) is 8.40. The Morgan fingerprint density at radius 3 is 2.32 bits per heavy atom. The second-order valence-corrected chi connectivity index (χ2v) is 10.9. The Morgan fingerprint density at radius 1 is 0.971 bits per heavy atom. The van der Waals surface area contributed by atoms with E-state index >= 15 is 0 Å². The lowest BCUT2D eigenvalue weighted by Gasteiger charge is -2.31. The lowest BCUT2D eigenvalue weighted by atomic mass is 9.91. The Labute approximate surface area is 208 Å². The molecule has 1 aromatic heterocycles. The van der Waals surface area contributed by atoms with Gasteiger partial charge in [-0.2, -0.15) is 5.10 Å². The molecule has 3 aromatic rings. The van der Waals surface area contributed by atoms with Gasteiger partial charge in [0, 0.05) is 49.3 Å². The molecule has 6 nitrogen and oxygen atoms in total. The van der Waals surface area contributed by atoms with Crippen molar-refractivity contribution in [2.45, 2.75) is 31.1 Å². The summed E-state index contributed by atoms with van der Waals surface area (Å²) in [6.45, 7) is 2.96. The van der Waals surface area contributed by atoms with Crippen LogP contribution >= 0.6 is 11.6 Å². The van der Waals surface area contributed by atoms with E-state index in [1.165, 1.54) is 5.56 Å². The predicted octanol–water partition coefficient (Wildman–Crippen LogP) is 4.63. The molecule has 2 aliphatic heterocycles. The summed E-state index contributed by atoms with van der Waals surface area (Å²) < 4.78 is 15.8. The van der Waals surface area contributed by atoms with Crippen LogP contribution in [0.5, 0.6) is 0 Å². The van der Waals surface area contributed by atoms with Gasteiger partial charge in [0.25, 0.3) is 5.91 Å². The standard InChI is InChI=1S/C26H29ClN4O2S/c1-34(33)30-15-12-20(13-16-30)25-24(17-28-31(25)23-9-7-22(27)8-10-23)26(32)29-14-11-21(18-29)19-5-3-2-4-6-19/h2-10,17,20-21H,11-16,18H2,1H3. The molecular formula is C26H29ClN4O2S. The van der Waals surface area contributed by atoms with Crippen LogP contribution in [-0.2, 0) is 11.0 Å². The summed E-state index contributed by atoms with van der Waals surface area (Å²) in [5.41, 5.74) is 3.81. The van der Waals surface area contributed by atoms with Crippen molar-refractivity contribution in [2.24, 2.45) is 0 Å². The number of amides is 1. The third kappa shape index (κ3) is 4.69. The number of halogens is 1. The highest BCUT2D eigenvalue weighted by atomic mass is 35.5. The van der Waals surface area contributed by atoms with Crippen molar-refractivity contribution >= 4 is 28.5 Å². The van der Waals surface area contributed by atoms with Crippen molar-refractivity contribution in [3.63, 3.8) is 0 Å². The number of aromatic nitrogens is 2. The van der Waals surface area contributed by atoms with E-state index in [9.17, 15) is 9.00 Å². The van der Waals surface area contributed by atoms with Crippen LogP contribution in [0.25, 0.3) is 5.69 Å². The normalized spacial score (nSPS) is 20.5. The van der Waals surface area contributed by atoms with Crippen LogP contribution in [0.1, 0.15) is 52.7 Å². The minimum Gasteiger partial charge on any atom is -0.338 e. The number of hydrogen-bond acceptors (Lipinski definition) is 3. The summed E-state index contributed by atoms with van der Waals surface area (Å²) in [5.74, 6) is 0.585. The fraction of sp³-hybridized carbons (Fsp3) is 0.385. The molecule has 2 saturated heterocycles. The maximum absolute atomic E-state index is 13.8. The number of likely N-dealkylation sites (tertiary alicyclic amines) is 1. The first-order valence-corrected chi connectivity index (χ1v) is 13.7. The smallest absolute Gasteiger partial charge is 0.257 e. The fourth-order valence-corrected chi connectivity index (χ4v) is 6.05. The molecule has 2 aliphatic rings. The molecule has 1 amide bonds. The van der Waals surface area contributed by atoms with E-state index in [-0.39, 0.29) is 11.8 Å². The molecule has 0 spiro atoms. The molecule has 0 saturated carbocycles. The lowest BCUT2D eigenvalue weighted by Crippen LogP contribution is -2.35. The van der Waals surface area contributed by atoms with E-state index in [0.717, 1.165) is 56.8 Å². The molecule has 2 unspecified atom stereocenters. The molecule has 34 heavy (non-hydrogen) atoms. The van der Waals surface area contributed by atoms with Crippen LogP contribution in [-0.4, -0.2) is 61.5 Å². The molecule has 178 valence electrons. The van der Waals surface area contributed by atoms with Gasteiger partial charge in [-0.3, -0.25) is 4.79 Å². The predicted molar refractivity (Wildman–Crippen MR) is 136 cm³/mol. The third-order valence-electron chi connectivity index (χ3n) is 7.06. The fourth-order valence-electron chi connectivity index (χ4n) is 5.20. The summed E-state index contributed by atoms with van der Waals surface area (Å²) in [6.07, 6.45) is 6.10. The highest BCUT2D eigenvalue weighted by Crippen LogP contribution is 2.35. The summed E-state index contributed by atoms with van der Waals surface area (Å²) in [7, 11) is -0.975. The van der Waals surface area contributed by atoms with E-state index < -0.39 is 11.0 Å². The Kier molecular flexibility index (Phi) is 6.86. The minimum atomic E-state index is -0.975. The van der Waals surface area contributed by atoms with Crippen LogP contribution in [0.4, 0.5) is 0 Å². The first-order valence-electron chi connectivity index (χ1n) is 11.8. The molecule has 0 aliphatic carbocycles. The SMILES string of the molecule is CS(=O)N1CCC(c2c(C(=O)N3CCC(c4ccccc4)C3)cnn2-c2ccc(Cl)cc2)CC1. The van der Waals surface area contributed by atoms with Crippen molar-refractivity contribution in [3.05, 3.63) is 82.6 Å². The first kappa shape index (κ1) is 23.3. The molecule has 0 N–H and O–H groups in total. The van der Waals surface area contributed by atoms with Crippen molar-refractivity contribution < 1.29 is 9.00 Å². The molecule has 3 heterocycles. The average Bonchev–Trinajstić information content (AvgIpc) is 3.53. The lowest BCUT2D eigenvalue weighted by molar-refractivity contribution is 0.0788. The van der Waals surface area contributed by atoms with Crippen LogP contribution in [0, 0.1) is 0 Å². The molecule has 2 fully saturated rings. The van der Waals surface area contributed by atoms with Crippen molar-refractivity contribution in [1.82, 2.24) is 19.0 Å². The molecule has 2 aromatic carbocycles. The van der Waals surface area contributed by atoms with Gasteiger partial charge in [-0.25, -0.2) is 13.2 Å². The Bertz CT molecular complexity index is 1170. The molecule has 5 rings (SSSR count). The highest BCUT2D eigenvalue weighted by Gasteiger charge is 2.34. The van der Waals surface area contributed by atoms with Gasteiger partial charge in [-0.05, 0) is 49.1 Å². The Balaban J connectivity index is 1.44. The van der Waals surface area contributed by atoms with Gasteiger partial charge < -0.3 is 4.90 Å². The number of nitrogens with zero attached hydrogens (tertiary/aromatic N) is 4. The zero-order valence-electron chi connectivity index (χ0n) is 19.3. The van der Waals surface area contributed by atoms with Gasteiger partial charge in [-0.1, -0.05) is 41.9 Å². The van der Waals surface area contributed by atoms with Gasteiger partial charge in [0.2, 0.25) is 0 Å². The monoisotopic (exact) mass is 496 g/mol. The van der Waals surface area contributed by atoms with Crippen LogP contribution in [0.15, 0.2) is 60.8 Å². The Hall–Kier alpha value is -2.48. The van der Waals surface area contributed by atoms with Crippen LogP contribution < -0.4 is 0 Å². The van der Waals surface area contributed by atoms with Crippen molar-refractivity contribution in [1.29, 1.82) is 0 Å². The van der Waals surface area contributed by atoms with Crippen LogP contribution in [0.2, 0.25) is 5.02 Å². The first-order chi connectivity index (χ1) is 16.5. The van der Waals surface area contributed by atoms with Gasteiger partial charge in [0.1, 0.15) is 0 Å². The number of rotatable bonds is 5. The molecular weight excluding hydrogens is 468 g/mol. The van der Waals surface area contributed by atoms with Gasteiger partial charge in [-0.15, -0.1) is 0 Å². The summed E-state index contributed by atoms with van der Waals surface area (Å²) in [6, 6.07) is 18.0. The van der Waals surface area contributed by atoms with Gasteiger partial charge >= 0.3 is 0 Å². The number of benzene rings is 2. The average molecular weight is 497 g/mol. The van der Waals surface area contributed by atoms with Gasteiger partial charge in [0.15, 0.2) is 0 Å². The summed E-state index contributed by atoms with van der Waals surface area (Å²) in [5, 5.41) is 5.33. The van der Waals surface area contributed by atoms with Crippen molar-refractivity contribution in [2.75, 3.05) is 32.4 Å². The summed E-state index contributed by atoms with van der Waals surface area (Å²) >= 11 is 6.11. The quantitative estimate of drug-likeness (QED) is 0.517. The zero-order chi connectivity index (χ0) is 23.7. The topological polar surface area (TPSA) is 58.4 Å². The molecule has 2 atom stereocenters. The maximum Gasteiger partial charge on any atom is 0.257 e. The van der Waals surface area contributed by atoms with Crippen molar-refractivity contribution in [3.8, 4) is 5.69 Å². The van der Waals surface area contributed by atoms with E-state index in [1.807, 2.05) is 44.2 Å². The van der Waals surface area contributed by atoms with Gasteiger partial charge in [0.05, 0.1) is 34.1 Å². The minimum absolute atomic E-state index is 0.0511. The van der Waals surface area contributed by atoms with E-state index in [1.54, 1.807) is 12.5 Å². The molecule has 0 bridgehead atoms. The van der Waals surface area contributed by atoms with Crippen LogP contribution in [0.3, 0.4) is 0 Å². The van der Waals surface area contributed by atoms with E-state index in [2.05, 4.69) is 29.4 Å². The zero-order valence-corrected chi connectivity index (χ0v) is 20.8. The molecule has 8 heteroatoms. The number of piperidine rings is 1. The Morgan fingerprint density at radius 2 is 1.65 bits per heavy atom. The molecule has 0 radical (unpaired) electrons. The van der Waals surface area contributed by atoms with E-state index in [0.29, 0.717) is 16.5 Å². The highest BCUT2D eigenvalue weighted by molar-refractivity contribution is 7.81. The number of carbonyl (C=O) groups excluding carboxylic acids is 1. The second kappa shape index (κ2) is 10.0. The maximum atomic E-state index is 13.8. The summed E-state index contributed by atoms with van der Waals surface area (Å²) in [4.78, 5) is 15.7.